The van der Waals surface area contributed by atoms with Crippen LogP contribution < -0.4 is 0 Å². The molecule has 0 spiro atoms. The summed E-state index contributed by atoms with van der Waals surface area (Å²) in [6.07, 6.45) is 3.68. The molecular formula is C8H20NO+. The number of likely N-dealkylation sites (tertiary alicyclic amines) is 1. The largest absolute Gasteiger partial charge is 0.217 e. The molecule has 62 valence electrons. The Morgan fingerprint density at radius 3 is 1.60 bits per heavy atom. The van der Waals surface area contributed by atoms with Gasteiger partial charge in [-0.2, -0.15) is 4.65 Å². The zero-order valence-electron chi connectivity index (χ0n) is 7.43. The number of hydrogen-bond acceptors (Lipinski definition) is 1. The number of rotatable bonds is 0. The van der Waals surface area contributed by atoms with Crippen LogP contribution in [-0.2, 0) is 0 Å². The summed E-state index contributed by atoms with van der Waals surface area (Å²) in [7, 11) is 1.87. The van der Waals surface area contributed by atoms with Crippen molar-refractivity contribution in [2.75, 3.05) is 20.1 Å². The van der Waals surface area contributed by atoms with Crippen LogP contribution in [0.25, 0.3) is 0 Å². The highest BCUT2D eigenvalue weighted by Crippen LogP contribution is 2.11. The minimum Gasteiger partial charge on any atom is -0.217 e. The predicted octanol–water partition coefficient (Wildman–Crippen LogP) is 2.03. The van der Waals surface area contributed by atoms with Gasteiger partial charge in [0.2, 0.25) is 0 Å². The molecule has 1 heterocycles. The Morgan fingerprint density at radius 1 is 1.00 bits per heavy atom. The lowest BCUT2D eigenvalue weighted by molar-refractivity contribution is -1.09. The van der Waals surface area contributed by atoms with Gasteiger partial charge >= 0.3 is 0 Å². The molecular weight excluding hydrogens is 126 g/mol. The summed E-state index contributed by atoms with van der Waals surface area (Å²) in [6, 6.07) is 0. The molecule has 2 nitrogen and oxygen atoms in total. The molecule has 0 radical (unpaired) electrons. The molecule has 1 aliphatic rings. The molecule has 1 aliphatic heterocycles. The van der Waals surface area contributed by atoms with Gasteiger partial charge in [-0.1, -0.05) is 13.8 Å². The fourth-order valence-electron chi connectivity index (χ4n) is 1.19. The fourth-order valence-corrected chi connectivity index (χ4v) is 1.19. The second kappa shape index (κ2) is 4.69. The first-order valence-corrected chi connectivity index (χ1v) is 4.28. The molecule has 1 rings (SSSR count). The highest BCUT2D eigenvalue weighted by molar-refractivity contribution is 4.45. The average molecular weight is 146 g/mol. The van der Waals surface area contributed by atoms with Crippen molar-refractivity contribution in [1.82, 2.24) is 0 Å². The molecule has 0 aromatic rings. The molecule has 0 bridgehead atoms. The van der Waals surface area contributed by atoms with Gasteiger partial charge in [0.25, 0.3) is 0 Å². The molecule has 1 fully saturated rings. The maximum absolute atomic E-state index is 9.31. The Hall–Kier alpha value is -0.0800. The van der Waals surface area contributed by atoms with E-state index in [4.69, 9.17) is 0 Å². The second-order valence-electron chi connectivity index (χ2n) is 2.85. The van der Waals surface area contributed by atoms with Gasteiger partial charge in [0.05, 0.1) is 7.05 Å². The third-order valence-electron chi connectivity index (χ3n) is 1.78. The van der Waals surface area contributed by atoms with Crippen LogP contribution in [0.1, 0.15) is 33.1 Å². The van der Waals surface area contributed by atoms with Crippen LogP contribution in [0.2, 0.25) is 0 Å². The molecule has 0 unspecified atom stereocenters. The van der Waals surface area contributed by atoms with E-state index in [-0.39, 0.29) is 4.65 Å². The summed E-state index contributed by atoms with van der Waals surface area (Å²) in [6.45, 7) is 5.89. The summed E-state index contributed by atoms with van der Waals surface area (Å²) in [5.41, 5.74) is 0. The average Bonchev–Trinajstić information content (AvgIpc) is 1.92. The van der Waals surface area contributed by atoms with E-state index in [1.807, 2.05) is 20.9 Å². The van der Waals surface area contributed by atoms with Crippen molar-refractivity contribution < 1.29 is 9.85 Å². The molecule has 0 amide bonds. The van der Waals surface area contributed by atoms with Gasteiger partial charge in [0, 0.05) is 0 Å². The van der Waals surface area contributed by atoms with Crippen molar-refractivity contribution in [3.05, 3.63) is 0 Å². The third kappa shape index (κ3) is 3.85. The molecule has 0 aromatic heterocycles. The molecule has 10 heavy (non-hydrogen) atoms. The first-order chi connectivity index (χ1) is 4.71. The Bertz CT molecular complexity index is 73.3. The lowest BCUT2D eigenvalue weighted by Gasteiger charge is -2.28. The maximum atomic E-state index is 9.31. The monoisotopic (exact) mass is 146 g/mol. The number of hydroxylamine groups is 3. The van der Waals surface area contributed by atoms with Crippen molar-refractivity contribution >= 4 is 0 Å². The van der Waals surface area contributed by atoms with Crippen molar-refractivity contribution in [2.24, 2.45) is 0 Å². The van der Waals surface area contributed by atoms with E-state index in [0.717, 1.165) is 13.1 Å². The van der Waals surface area contributed by atoms with Crippen LogP contribution in [-0.4, -0.2) is 30.0 Å². The van der Waals surface area contributed by atoms with E-state index in [2.05, 4.69) is 0 Å². The topological polar surface area (TPSA) is 20.2 Å². The van der Waals surface area contributed by atoms with Gasteiger partial charge in [-0.05, 0) is 19.3 Å². The third-order valence-corrected chi connectivity index (χ3v) is 1.78. The van der Waals surface area contributed by atoms with Crippen LogP contribution in [0.15, 0.2) is 0 Å². The molecule has 1 saturated heterocycles. The van der Waals surface area contributed by atoms with E-state index in [1.165, 1.54) is 19.3 Å². The number of quaternary nitrogens is 1. The van der Waals surface area contributed by atoms with Crippen molar-refractivity contribution in [1.29, 1.82) is 0 Å². The van der Waals surface area contributed by atoms with Gasteiger partial charge in [-0.15, -0.1) is 0 Å². The molecule has 0 saturated carbocycles. The zero-order chi connectivity index (χ0) is 8.04. The fraction of sp³-hybridized carbons (Fsp3) is 1.00. The summed E-state index contributed by atoms with van der Waals surface area (Å²) in [5, 5.41) is 9.31. The first-order valence-electron chi connectivity index (χ1n) is 4.28. The molecule has 0 atom stereocenters. The molecule has 0 aliphatic carbocycles. The Kier molecular flexibility index (Phi) is 4.65. The maximum Gasteiger partial charge on any atom is 0.108 e. The van der Waals surface area contributed by atoms with E-state index in [0.29, 0.717) is 0 Å². The summed E-state index contributed by atoms with van der Waals surface area (Å²) in [5.74, 6) is 0. The van der Waals surface area contributed by atoms with Gasteiger partial charge in [-0.25, -0.2) is 5.21 Å². The zero-order valence-corrected chi connectivity index (χ0v) is 7.43. The number of nitrogens with zero attached hydrogens (tertiary/aromatic N) is 1. The standard InChI is InChI=1S/C6H14NO.C2H6/c1-7(8)5-3-2-4-6-7;1-2/h8H,2-6H2,1H3;1-2H3/q+1;. The van der Waals surface area contributed by atoms with Crippen molar-refractivity contribution in [3.8, 4) is 0 Å². The van der Waals surface area contributed by atoms with Gasteiger partial charge in [0.1, 0.15) is 13.1 Å². The normalized spacial score (nSPS) is 22.8. The summed E-state index contributed by atoms with van der Waals surface area (Å²) in [4.78, 5) is 0. The molecule has 2 heteroatoms. The van der Waals surface area contributed by atoms with E-state index in [1.54, 1.807) is 0 Å². The number of piperidine rings is 1. The lowest BCUT2D eigenvalue weighted by Crippen LogP contribution is -2.44. The number of hydrogen-bond donors (Lipinski definition) is 1. The van der Waals surface area contributed by atoms with Crippen LogP contribution in [0.3, 0.4) is 0 Å². The van der Waals surface area contributed by atoms with E-state index >= 15 is 0 Å². The second-order valence-corrected chi connectivity index (χ2v) is 2.85. The van der Waals surface area contributed by atoms with Gasteiger partial charge in [-0.3, -0.25) is 0 Å². The van der Waals surface area contributed by atoms with Crippen LogP contribution >= 0.6 is 0 Å². The SMILES string of the molecule is CC.C[N+]1(O)CCCCC1. The molecule has 1 N–H and O–H groups in total. The van der Waals surface area contributed by atoms with Crippen LogP contribution in [0.4, 0.5) is 0 Å². The Labute approximate surface area is 64.0 Å². The highest BCUT2D eigenvalue weighted by atomic mass is 16.5. The Balaban J connectivity index is 0.000000371. The quantitative estimate of drug-likeness (QED) is 0.518. The summed E-state index contributed by atoms with van der Waals surface area (Å²) < 4.78 is 0.250. The van der Waals surface area contributed by atoms with Gasteiger partial charge in [0.15, 0.2) is 0 Å². The molecule has 0 aromatic carbocycles. The lowest BCUT2D eigenvalue weighted by atomic mass is 10.1. The van der Waals surface area contributed by atoms with E-state index in [9.17, 15) is 5.21 Å². The van der Waals surface area contributed by atoms with Crippen LogP contribution in [0.5, 0.6) is 0 Å². The van der Waals surface area contributed by atoms with Gasteiger partial charge < -0.3 is 0 Å². The smallest absolute Gasteiger partial charge is 0.108 e. The van der Waals surface area contributed by atoms with Crippen molar-refractivity contribution in [3.63, 3.8) is 0 Å². The minimum atomic E-state index is 0.250. The Morgan fingerprint density at radius 2 is 1.40 bits per heavy atom. The summed E-state index contributed by atoms with van der Waals surface area (Å²) >= 11 is 0. The van der Waals surface area contributed by atoms with E-state index < -0.39 is 0 Å². The highest BCUT2D eigenvalue weighted by Gasteiger charge is 2.21. The first kappa shape index (κ1) is 9.92. The van der Waals surface area contributed by atoms with Crippen LogP contribution in [0, 0.1) is 0 Å². The minimum absolute atomic E-state index is 0.250. The predicted molar refractivity (Wildman–Crippen MR) is 42.9 cm³/mol. The van der Waals surface area contributed by atoms with Crippen molar-refractivity contribution in [2.45, 2.75) is 33.1 Å².